The average molecular weight is 399 g/mol. The van der Waals surface area contributed by atoms with E-state index in [1.54, 1.807) is 24.3 Å². The molecule has 27 heavy (non-hydrogen) atoms. The van der Waals surface area contributed by atoms with E-state index in [2.05, 4.69) is 18.7 Å². The number of unbranched alkanes of at least 4 members (excludes halogenated alkanes) is 1. The first-order valence-electron chi connectivity index (χ1n) is 9.84. The fraction of sp³-hybridized carbons (Fsp3) is 0.348. The number of halogens is 1. The summed E-state index contributed by atoms with van der Waals surface area (Å²) in [5.41, 5.74) is 1.88. The molecule has 0 atom stereocenters. The van der Waals surface area contributed by atoms with Gasteiger partial charge in [-0.15, -0.1) is 6.58 Å². The Morgan fingerprint density at radius 2 is 1.78 bits per heavy atom. The topological polar surface area (TPSA) is 26.3 Å². The maximum absolute atomic E-state index is 12.2. The van der Waals surface area contributed by atoms with Crippen molar-refractivity contribution in [3.63, 3.8) is 0 Å². The normalized spacial score (nSPS) is 19.4. The molecule has 0 spiro atoms. The van der Waals surface area contributed by atoms with Crippen LogP contribution in [0.3, 0.4) is 0 Å². The van der Waals surface area contributed by atoms with Gasteiger partial charge in [0.05, 0.1) is 5.56 Å². The summed E-state index contributed by atoms with van der Waals surface area (Å²) in [6.07, 6.45) is 7.17. The molecule has 2 nitrogen and oxygen atoms in total. The van der Waals surface area contributed by atoms with Crippen LogP contribution < -0.4 is 4.74 Å². The summed E-state index contributed by atoms with van der Waals surface area (Å²) < 4.78 is 5.47. The molecule has 0 aliphatic carbocycles. The number of rotatable bonds is 7. The van der Waals surface area contributed by atoms with Crippen LogP contribution in [-0.2, 0) is 0 Å². The number of hydrogen-bond donors (Lipinski definition) is 0. The van der Waals surface area contributed by atoms with Crippen LogP contribution in [0, 0.1) is 0 Å². The van der Waals surface area contributed by atoms with E-state index in [1.807, 2.05) is 18.2 Å². The average Bonchev–Trinajstić information content (AvgIpc) is 2.70. The molecule has 1 saturated heterocycles. The number of hydrogen-bond acceptors (Lipinski definition) is 2. The van der Waals surface area contributed by atoms with Crippen molar-refractivity contribution in [3.8, 4) is 5.75 Å². The molecule has 0 radical (unpaired) electrons. The highest BCUT2D eigenvalue weighted by molar-refractivity contribution is 6.59. The van der Waals surface area contributed by atoms with Crippen molar-refractivity contribution in [1.82, 2.24) is 0 Å². The monoisotopic (exact) mass is 398 g/mol. The van der Waals surface area contributed by atoms with Gasteiger partial charge in [0.1, 0.15) is 5.75 Å². The summed E-state index contributed by atoms with van der Waals surface area (Å²) in [7, 11) is -0.514. The number of benzene rings is 2. The van der Waals surface area contributed by atoms with E-state index >= 15 is 0 Å². The van der Waals surface area contributed by atoms with Crippen molar-refractivity contribution in [3.05, 3.63) is 77.3 Å². The molecule has 1 aliphatic heterocycles. The minimum absolute atomic E-state index is 0.356. The summed E-state index contributed by atoms with van der Waals surface area (Å²) in [4.78, 5) is 12.2. The lowest BCUT2D eigenvalue weighted by Crippen LogP contribution is -2.20. The SMILES string of the molecule is C=CCCC[SiH]1CCC(c2ccc(OC(=O)c3ccc(Cl)cc3)cc2)CC1. The van der Waals surface area contributed by atoms with Crippen molar-refractivity contribution < 1.29 is 9.53 Å². The summed E-state index contributed by atoms with van der Waals surface area (Å²) in [5.74, 6) is 0.894. The molecule has 1 fully saturated rings. The van der Waals surface area contributed by atoms with E-state index in [0.29, 0.717) is 22.3 Å². The van der Waals surface area contributed by atoms with E-state index < -0.39 is 8.80 Å². The number of esters is 1. The second kappa shape index (κ2) is 9.91. The van der Waals surface area contributed by atoms with Crippen LogP contribution in [-0.4, -0.2) is 14.8 Å². The van der Waals surface area contributed by atoms with Gasteiger partial charge in [0.25, 0.3) is 0 Å². The van der Waals surface area contributed by atoms with Gasteiger partial charge in [0.2, 0.25) is 0 Å². The smallest absolute Gasteiger partial charge is 0.343 e. The number of carbonyl (C=O) groups excluding carboxylic acids is 1. The molecule has 1 aliphatic rings. The van der Waals surface area contributed by atoms with Gasteiger partial charge in [-0.3, -0.25) is 0 Å². The third-order valence-corrected chi connectivity index (χ3v) is 9.29. The van der Waals surface area contributed by atoms with E-state index in [0.717, 1.165) is 0 Å². The lowest BCUT2D eigenvalue weighted by Gasteiger charge is -2.28. The van der Waals surface area contributed by atoms with Crippen LogP contribution in [0.1, 0.15) is 47.5 Å². The maximum atomic E-state index is 12.2. The Bertz CT molecular complexity index is 747. The van der Waals surface area contributed by atoms with E-state index in [4.69, 9.17) is 16.3 Å². The molecular formula is C23H27ClO2Si. The molecule has 1 heterocycles. The third-order valence-electron chi connectivity index (χ3n) is 5.51. The predicted molar refractivity (Wildman–Crippen MR) is 116 cm³/mol. The summed E-state index contributed by atoms with van der Waals surface area (Å²) in [5, 5.41) is 0.606. The van der Waals surface area contributed by atoms with Crippen LogP contribution in [0.2, 0.25) is 23.2 Å². The number of carbonyl (C=O) groups is 1. The molecule has 0 bridgehead atoms. The largest absolute Gasteiger partial charge is 0.423 e. The fourth-order valence-electron chi connectivity index (χ4n) is 3.90. The predicted octanol–water partition coefficient (Wildman–Crippen LogP) is 6.63. The van der Waals surface area contributed by atoms with Gasteiger partial charge in [-0.2, -0.15) is 0 Å². The first-order valence-corrected chi connectivity index (χ1v) is 12.7. The summed E-state index contributed by atoms with van der Waals surface area (Å²) in [6, 6.07) is 19.2. The van der Waals surface area contributed by atoms with Crippen molar-refractivity contribution in [2.45, 2.75) is 49.7 Å². The Morgan fingerprint density at radius 1 is 1.11 bits per heavy atom. The van der Waals surface area contributed by atoms with Gasteiger partial charge >= 0.3 is 5.97 Å². The van der Waals surface area contributed by atoms with Gasteiger partial charge in [-0.25, -0.2) is 4.79 Å². The quantitative estimate of drug-likeness (QED) is 0.172. The van der Waals surface area contributed by atoms with Crippen molar-refractivity contribution in [2.24, 2.45) is 0 Å². The second-order valence-corrected chi connectivity index (χ2v) is 11.3. The van der Waals surface area contributed by atoms with E-state index in [9.17, 15) is 4.79 Å². The minimum Gasteiger partial charge on any atom is -0.423 e. The lowest BCUT2D eigenvalue weighted by molar-refractivity contribution is 0.0734. The molecule has 0 aromatic heterocycles. The number of allylic oxidation sites excluding steroid dienone is 1. The first kappa shape index (κ1) is 19.9. The Kier molecular flexibility index (Phi) is 7.31. The molecular weight excluding hydrogens is 372 g/mol. The zero-order chi connectivity index (χ0) is 19.1. The minimum atomic E-state index is -0.514. The highest BCUT2D eigenvalue weighted by atomic mass is 35.5. The Morgan fingerprint density at radius 3 is 2.41 bits per heavy atom. The summed E-state index contributed by atoms with van der Waals surface area (Å²) >= 11 is 5.85. The van der Waals surface area contributed by atoms with E-state index in [1.165, 1.54) is 49.4 Å². The van der Waals surface area contributed by atoms with Crippen molar-refractivity contribution in [2.75, 3.05) is 0 Å². The molecule has 0 unspecified atom stereocenters. The highest BCUT2D eigenvalue weighted by Crippen LogP contribution is 2.35. The molecule has 2 aromatic carbocycles. The first-order chi connectivity index (χ1) is 13.2. The zero-order valence-electron chi connectivity index (χ0n) is 15.7. The maximum Gasteiger partial charge on any atom is 0.343 e. The third kappa shape index (κ3) is 5.82. The van der Waals surface area contributed by atoms with Gasteiger partial charge in [-0.05, 0) is 67.1 Å². The van der Waals surface area contributed by atoms with Crippen LogP contribution in [0.15, 0.2) is 61.2 Å². The van der Waals surface area contributed by atoms with Crippen molar-refractivity contribution in [1.29, 1.82) is 0 Å². The highest BCUT2D eigenvalue weighted by Gasteiger charge is 2.23. The Hall–Kier alpha value is -1.84. The molecule has 3 rings (SSSR count). The van der Waals surface area contributed by atoms with Gasteiger partial charge in [-0.1, -0.05) is 54.4 Å². The van der Waals surface area contributed by atoms with Gasteiger partial charge in [0, 0.05) is 13.8 Å². The lowest BCUT2D eigenvalue weighted by atomic mass is 9.93. The van der Waals surface area contributed by atoms with Gasteiger partial charge in [0.15, 0.2) is 0 Å². The number of ether oxygens (including phenoxy) is 1. The van der Waals surface area contributed by atoms with Crippen LogP contribution in [0.4, 0.5) is 0 Å². The fourth-order valence-corrected chi connectivity index (χ4v) is 7.45. The van der Waals surface area contributed by atoms with Gasteiger partial charge < -0.3 is 4.74 Å². The van der Waals surface area contributed by atoms with Crippen LogP contribution in [0.5, 0.6) is 5.75 Å². The molecule has 4 heteroatoms. The second-order valence-electron chi connectivity index (χ2n) is 7.40. The zero-order valence-corrected chi connectivity index (χ0v) is 17.6. The van der Waals surface area contributed by atoms with Crippen LogP contribution in [0.25, 0.3) is 0 Å². The molecule has 0 saturated carbocycles. The molecule has 142 valence electrons. The standard InChI is InChI=1S/C23H27ClO2Si/c1-2-3-4-15-27-16-13-19(14-17-27)18-7-11-22(12-8-18)26-23(25)20-5-9-21(24)10-6-20/h2,5-12,19,27H,1,3-4,13-17H2. The molecule has 0 amide bonds. The molecule has 2 aromatic rings. The molecule has 0 N–H and O–H groups in total. The van der Waals surface area contributed by atoms with Crippen LogP contribution >= 0.6 is 11.6 Å². The van der Waals surface area contributed by atoms with E-state index in [-0.39, 0.29) is 5.97 Å². The summed E-state index contributed by atoms with van der Waals surface area (Å²) in [6.45, 7) is 3.82. The Balaban J connectivity index is 1.51. The Labute approximate surface area is 168 Å². The van der Waals surface area contributed by atoms with Crippen molar-refractivity contribution >= 4 is 26.4 Å².